The molecular weight excluding hydrogens is 266 g/mol. The normalized spacial score (nSPS) is 27.4. The second-order valence-electron chi connectivity index (χ2n) is 8.86. The standard InChI is InChI=1S/C21H40N/c1-18(2)22(19-12-6-3-7-13-19,20-14-8-4-9-15-20)21-16-10-5-11-17-21/h18-21H,3-17H2,1-2H3/q+1. The van der Waals surface area contributed by atoms with Crippen LogP contribution in [0.15, 0.2) is 0 Å². The summed E-state index contributed by atoms with van der Waals surface area (Å²) in [5.74, 6) is 0. The molecule has 3 aliphatic carbocycles. The molecule has 0 aliphatic heterocycles. The molecule has 1 heteroatoms. The van der Waals surface area contributed by atoms with Gasteiger partial charge in [0.1, 0.15) is 0 Å². The van der Waals surface area contributed by atoms with E-state index in [0.29, 0.717) is 0 Å². The molecule has 3 fully saturated rings. The van der Waals surface area contributed by atoms with Crippen molar-refractivity contribution in [3.8, 4) is 0 Å². The maximum absolute atomic E-state index is 2.58. The molecule has 0 bridgehead atoms. The Morgan fingerprint density at radius 2 is 0.773 bits per heavy atom. The molecule has 3 rings (SSSR count). The van der Waals surface area contributed by atoms with Crippen molar-refractivity contribution >= 4 is 0 Å². The first kappa shape index (κ1) is 16.8. The molecule has 128 valence electrons. The zero-order valence-corrected chi connectivity index (χ0v) is 15.4. The van der Waals surface area contributed by atoms with E-state index in [-0.39, 0.29) is 0 Å². The van der Waals surface area contributed by atoms with Crippen LogP contribution in [0.5, 0.6) is 0 Å². The molecule has 0 saturated heterocycles. The van der Waals surface area contributed by atoms with Gasteiger partial charge in [-0.15, -0.1) is 0 Å². The maximum atomic E-state index is 2.58. The van der Waals surface area contributed by atoms with Crippen LogP contribution in [0.3, 0.4) is 0 Å². The van der Waals surface area contributed by atoms with Crippen LogP contribution in [0.2, 0.25) is 0 Å². The second kappa shape index (κ2) is 7.69. The maximum Gasteiger partial charge on any atom is 0.0896 e. The molecule has 3 saturated carbocycles. The van der Waals surface area contributed by atoms with Gasteiger partial charge in [0.15, 0.2) is 0 Å². The van der Waals surface area contributed by atoms with E-state index in [4.69, 9.17) is 0 Å². The van der Waals surface area contributed by atoms with Crippen molar-refractivity contribution in [2.45, 2.75) is 134 Å². The molecule has 0 radical (unpaired) electrons. The molecule has 0 unspecified atom stereocenters. The van der Waals surface area contributed by atoms with Gasteiger partial charge in [0.2, 0.25) is 0 Å². The largest absolute Gasteiger partial charge is 0.314 e. The quantitative estimate of drug-likeness (QED) is 0.542. The number of hydrogen-bond acceptors (Lipinski definition) is 0. The topological polar surface area (TPSA) is 0 Å². The first-order chi connectivity index (χ1) is 10.8. The molecule has 0 aromatic heterocycles. The molecule has 22 heavy (non-hydrogen) atoms. The minimum absolute atomic E-state index is 0.842. The average molecular weight is 307 g/mol. The van der Waals surface area contributed by atoms with Crippen molar-refractivity contribution in [3.05, 3.63) is 0 Å². The Hall–Kier alpha value is -0.0400. The van der Waals surface area contributed by atoms with E-state index in [1.54, 1.807) is 4.48 Å². The monoisotopic (exact) mass is 306 g/mol. The van der Waals surface area contributed by atoms with Gasteiger partial charge in [-0.05, 0) is 90.9 Å². The molecule has 0 heterocycles. The Bertz CT molecular complexity index is 271. The highest BCUT2D eigenvalue weighted by Crippen LogP contribution is 2.44. The molecule has 0 amide bonds. The first-order valence-electron chi connectivity index (χ1n) is 10.6. The van der Waals surface area contributed by atoms with Gasteiger partial charge in [-0.1, -0.05) is 19.3 Å². The van der Waals surface area contributed by atoms with Crippen LogP contribution in [0.4, 0.5) is 0 Å². The van der Waals surface area contributed by atoms with E-state index in [9.17, 15) is 0 Å². The summed E-state index contributed by atoms with van der Waals surface area (Å²) in [6, 6.07) is 3.84. The van der Waals surface area contributed by atoms with E-state index in [0.717, 1.165) is 24.2 Å². The van der Waals surface area contributed by atoms with Crippen molar-refractivity contribution in [2.24, 2.45) is 0 Å². The smallest absolute Gasteiger partial charge is 0.0896 e. The van der Waals surface area contributed by atoms with Crippen molar-refractivity contribution in [2.75, 3.05) is 0 Å². The molecular formula is C21H40N+. The summed E-state index contributed by atoms with van der Waals surface area (Å²) in [4.78, 5) is 0. The zero-order valence-electron chi connectivity index (χ0n) is 15.4. The van der Waals surface area contributed by atoms with Crippen LogP contribution in [-0.2, 0) is 0 Å². The van der Waals surface area contributed by atoms with E-state index in [1.807, 2.05) is 0 Å². The SMILES string of the molecule is CC(C)[N+](C1CCCCC1)(C1CCCCC1)C1CCCCC1. The summed E-state index contributed by atoms with van der Waals surface area (Å²) >= 11 is 0. The fraction of sp³-hybridized carbons (Fsp3) is 1.00. The van der Waals surface area contributed by atoms with Crippen LogP contribution in [0.25, 0.3) is 0 Å². The molecule has 1 nitrogen and oxygen atoms in total. The first-order valence-corrected chi connectivity index (χ1v) is 10.6. The van der Waals surface area contributed by atoms with Gasteiger partial charge in [0.25, 0.3) is 0 Å². The summed E-state index contributed by atoms with van der Waals surface area (Å²) in [6.07, 6.45) is 22.8. The Morgan fingerprint density at radius 3 is 1.00 bits per heavy atom. The van der Waals surface area contributed by atoms with Gasteiger partial charge < -0.3 is 4.48 Å². The van der Waals surface area contributed by atoms with Crippen LogP contribution in [0, 0.1) is 0 Å². The number of nitrogens with zero attached hydrogens (tertiary/aromatic N) is 1. The molecule has 0 atom stereocenters. The fourth-order valence-electron chi connectivity index (χ4n) is 6.74. The lowest BCUT2D eigenvalue weighted by Crippen LogP contribution is -2.70. The predicted molar refractivity (Wildman–Crippen MR) is 96.0 cm³/mol. The average Bonchev–Trinajstić information content (AvgIpc) is 2.58. The minimum atomic E-state index is 0.842. The molecule has 0 N–H and O–H groups in total. The summed E-state index contributed by atoms with van der Waals surface area (Å²) in [7, 11) is 0. The van der Waals surface area contributed by atoms with Crippen molar-refractivity contribution < 1.29 is 4.48 Å². The van der Waals surface area contributed by atoms with Gasteiger partial charge in [0.05, 0.1) is 24.2 Å². The summed E-state index contributed by atoms with van der Waals surface area (Å²) in [6.45, 7) is 5.16. The summed E-state index contributed by atoms with van der Waals surface area (Å²) in [5, 5.41) is 0. The van der Waals surface area contributed by atoms with Gasteiger partial charge in [-0.2, -0.15) is 0 Å². The van der Waals surface area contributed by atoms with Crippen LogP contribution in [0.1, 0.15) is 110 Å². The highest BCUT2D eigenvalue weighted by molar-refractivity contribution is 4.81. The Kier molecular flexibility index (Phi) is 5.87. The van der Waals surface area contributed by atoms with E-state index in [1.165, 1.54) is 96.3 Å². The third kappa shape index (κ3) is 3.12. The van der Waals surface area contributed by atoms with Gasteiger partial charge in [-0.25, -0.2) is 0 Å². The lowest BCUT2D eigenvalue weighted by molar-refractivity contribution is -1.02. The molecule has 0 spiro atoms. The van der Waals surface area contributed by atoms with Crippen LogP contribution < -0.4 is 0 Å². The summed E-state index contributed by atoms with van der Waals surface area (Å²) in [5.41, 5.74) is 0. The summed E-state index contributed by atoms with van der Waals surface area (Å²) < 4.78 is 1.56. The van der Waals surface area contributed by atoms with Crippen LogP contribution in [-0.4, -0.2) is 28.7 Å². The van der Waals surface area contributed by atoms with Crippen molar-refractivity contribution in [1.29, 1.82) is 0 Å². The minimum Gasteiger partial charge on any atom is -0.314 e. The Morgan fingerprint density at radius 1 is 0.500 bits per heavy atom. The molecule has 0 aromatic carbocycles. The lowest BCUT2D eigenvalue weighted by Gasteiger charge is -2.60. The highest BCUT2D eigenvalue weighted by Gasteiger charge is 2.51. The number of quaternary nitrogens is 1. The second-order valence-corrected chi connectivity index (χ2v) is 8.86. The Balaban J connectivity index is 1.92. The van der Waals surface area contributed by atoms with E-state index >= 15 is 0 Å². The van der Waals surface area contributed by atoms with Crippen molar-refractivity contribution in [3.63, 3.8) is 0 Å². The van der Waals surface area contributed by atoms with Crippen molar-refractivity contribution in [1.82, 2.24) is 0 Å². The fourth-order valence-corrected chi connectivity index (χ4v) is 6.74. The van der Waals surface area contributed by atoms with E-state index in [2.05, 4.69) is 13.8 Å². The molecule has 0 aromatic rings. The van der Waals surface area contributed by atoms with Gasteiger partial charge in [-0.3, -0.25) is 0 Å². The predicted octanol–water partition coefficient (Wildman–Crippen LogP) is 6.21. The zero-order chi connectivity index (χ0) is 15.4. The lowest BCUT2D eigenvalue weighted by atomic mass is 9.79. The number of hydrogen-bond donors (Lipinski definition) is 0. The highest BCUT2D eigenvalue weighted by atomic mass is 15.4. The van der Waals surface area contributed by atoms with Gasteiger partial charge >= 0.3 is 0 Å². The molecule has 3 aliphatic rings. The van der Waals surface area contributed by atoms with Gasteiger partial charge in [0, 0.05) is 0 Å². The third-order valence-corrected chi connectivity index (χ3v) is 7.52. The number of rotatable bonds is 4. The van der Waals surface area contributed by atoms with Crippen LogP contribution >= 0.6 is 0 Å². The Labute approximate surface area is 139 Å². The third-order valence-electron chi connectivity index (χ3n) is 7.52. The van der Waals surface area contributed by atoms with E-state index < -0.39 is 0 Å².